The molecular formula is C13H23N3O. The molecule has 3 aliphatic rings. The van der Waals surface area contributed by atoms with Gasteiger partial charge in [0.1, 0.15) is 0 Å². The van der Waals surface area contributed by atoms with Crippen LogP contribution in [-0.4, -0.2) is 49.1 Å². The lowest BCUT2D eigenvalue weighted by Crippen LogP contribution is -2.52. The Kier molecular flexibility index (Phi) is 3.34. The Hall–Kier alpha value is -0.610. The first kappa shape index (κ1) is 11.5. The summed E-state index contributed by atoms with van der Waals surface area (Å²) in [4.78, 5) is 14.5. The van der Waals surface area contributed by atoms with Crippen molar-refractivity contribution in [3.05, 3.63) is 0 Å². The zero-order valence-corrected chi connectivity index (χ0v) is 10.5. The molecule has 3 aliphatic heterocycles. The molecule has 0 aromatic heterocycles. The molecule has 0 radical (unpaired) electrons. The average Bonchev–Trinajstić information content (AvgIpc) is 2.61. The van der Waals surface area contributed by atoms with Crippen LogP contribution in [0.5, 0.6) is 0 Å². The Labute approximate surface area is 103 Å². The molecule has 2 N–H and O–H groups in total. The standard InChI is InChI=1S/C13H23N3O/c17-13-12(3-1-2-6-14-13)15-11-5-8-16-7-4-10(11)9-16/h10-12,15H,1-9H2,(H,14,17). The number of piperidine rings is 1. The van der Waals surface area contributed by atoms with Gasteiger partial charge in [-0.1, -0.05) is 0 Å². The molecule has 17 heavy (non-hydrogen) atoms. The van der Waals surface area contributed by atoms with Gasteiger partial charge < -0.3 is 15.5 Å². The molecule has 3 saturated heterocycles. The molecule has 0 aromatic rings. The van der Waals surface area contributed by atoms with E-state index in [9.17, 15) is 4.79 Å². The fraction of sp³-hybridized carbons (Fsp3) is 0.923. The monoisotopic (exact) mass is 237 g/mol. The second-order valence-electron chi connectivity index (χ2n) is 5.75. The van der Waals surface area contributed by atoms with E-state index in [1.165, 1.54) is 38.9 Å². The Morgan fingerprint density at radius 3 is 3.00 bits per heavy atom. The van der Waals surface area contributed by atoms with Crippen molar-refractivity contribution in [3.63, 3.8) is 0 Å². The highest BCUT2D eigenvalue weighted by atomic mass is 16.2. The molecule has 3 fully saturated rings. The summed E-state index contributed by atoms with van der Waals surface area (Å²) in [5.41, 5.74) is 0. The molecule has 4 nitrogen and oxygen atoms in total. The maximum atomic E-state index is 11.9. The molecule has 4 atom stereocenters. The third kappa shape index (κ3) is 2.47. The average molecular weight is 237 g/mol. The van der Waals surface area contributed by atoms with Crippen LogP contribution in [0.3, 0.4) is 0 Å². The first-order valence-electron chi connectivity index (χ1n) is 7.09. The highest BCUT2D eigenvalue weighted by Gasteiger charge is 2.36. The molecule has 3 rings (SSSR count). The van der Waals surface area contributed by atoms with Crippen molar-refractivity contribution in [2.75, 3.05) is 26.2 Å². The lowest BCUT2D eigenvalue weighted by Gasteiger charge is -2.33. The summed E-state index contributed by atoms with van der Waals surface area (Å²) in [7, 11) is 0. The van der Waals surface area contributed by atoms with Crippen LogP contribution in [0.25, 0.3) is 0 Å². The minimum absolute atomic E-state index is 0.0645. The van der Waals surface area contributed by atoms with Gasteiger partial charge in [-0.2, -0.15) is 0 Å². The van der Waals surface area contributed by atoms with Crippen molar-refractivity contribution in [1.82, 2.24) is 15.5 Å². The van der Waals surface area contributed by atoms with Crippen LogP contribution in [0, 0.1) is 5.92 Å². The number of amides is 1. The fourth-order valence-corrected chi connectivity index (χ4v) is 3.53. The number of nitrogens with zero attached hydrogens (tertiary/aromatic N) is 1. The van der Waals surface area contributed by atoms with Crippen LogP contribution < -0.4 is 10.6 Å². The van der Waals surface area contributed by atoms with E-state index < -0.39 is 0 Å². The Balaban J connectivity index is 1.59. The highest BCUT2D eigenvalue weighted by Crippen LogP contribution is 2.27. The maximum absolute atomic E-state index is 11.9. The molecule has 0 saturated carbocycles. The Morgan fingerprint density at radius 2 is 2.06 bits per heavy atom. The first-order valence-corrected chi connectivity index (χ1v) is 7.09. The number of hydrogen-bond donors (Lipinski definition) is 2. The van der Waals surface area contributed by atoms with Crippen molar-refractivity contribution >= 4 is 5.91 Å². The zero-order valence-electron chi connectivity index (χ0n) is 10.5. The van der Waals surface area contributed by atoms with E-state index in [2.05, 4.69) is 15.5 Å². The number of rotatable bonds is 2. The van der Waals surface area contributed by atoms with E-state index in [0.717, 1.165) is 25.3 Å². The van der Waals surface area contributed by atoms with Gasteiger partial charge >= 0.3 is 0 Å². The second kappa shape index (κ2) is 4.94. The van der Waals surface area contributed by atoms with Gasteiger partial charge in [-0.3, -0.25) is 4.79 Å². The van der Waals surface area contributed by atoms with Gasteiger partial charge in [0.05, 0.1) is 6.04 Å². The van der Waals surface area contributed by atoms with E-state index in [1.807, 2.05) is 0 Å². The summed E-state index contributed by atoms with van der Waals surface area (Å²) in [6.45, 7) is 4.58. The van der Waals surface area contributed by atoms with E-state index >= 15 is 0 Å². The summed E-state index contributed by atoms with van der Waals surface area (Å²) in [6, 6.07) is 0.636. The van der Waals surface area contributed by atoms with Crippen LogP contribution in [0.4, 0.5) is 0 Å². The van der Waals surface area contributed by atoms with E-state index in [1.54, 1.807) is 0 Å². The fourth-order valence-electron chi connectivity index (χ4n) is 3.53. The molecule has 2 bridgehead atoms. The molecule has 96 valence electrons. The van der Waals surface area contributed by atoms with Crippen LogP contribution in [0.2, 0.25) is 0 Å². The summed E-state index contributed by atoms with van der Waals surface area (Å²) in [5, 5.41) is 6.65. The lowest BCUT2D eigenvalue weighted by atomic mass is 9.93. The summed E-state index contributed by atoms with van der Waals surface area (Å²) in [5.74, 6) is 1.00. The third-order valence-electron chi connectivity index (χ3n) is 4.58. The van der Waals surface area contributed by atoms with Crippen LogP contribution >= 0.6 is 0 Å². The smallest absolute Gasteiger partial charge is 0.237 e. The predicted octanol–water partition coefficient (Wildman–Crippen LogP) is 0.339. The molecule has 1 amide bonds. The van der Waals surface area contributed by atoms with E-state index in [-0.39, 0.29) is 11.9 Å². The Bertz CT molecular complexity index is 294. The van der Waals surface area contributed by atoms with E-state index in [0.29, 0.717) is 6.04 Å². The summed E-state index contributed by atoms with van der Waals surface area (Å²) < 4.78 is 0. The van der Waals surface area contributed by atoms with Gasteiger partial charge in [-0.05, 0) is 51.1 Å². The predicted molar refractivity (Wildman–Crippen MR) is 66.7 cm³/mol. The highest BCUT2D eigenvalue weighted by molar-refractivity contribution is 5.81. The number of nitrogens with one attached hydrogen (secondary N) is 2. The van der Waals surface area contributed by atoms with Crippen molar-refractivity contribution in [2.45, 2.75) is 44.2 Å². The van der Waals surface area contributed by atoms with Gasteiger partial charge in [0, 0.05) is 19.1 Å². The quantitative estimate of drug-likeness (QED) is 0.728. The van der Waals surface area contributed by atoms with Gasteiger partial charge in [0.15, 0.2) is 0 Å². The summed E-state index contributed by atoms with van der Waals surface area (Å²) in [6.07, 6.45) is 5.84. The number of fused-ring (bicyclic) bond motifs is 2. The van der Waals surface area contributed by atoms with Gasteiger partial charge in [0.25, 0.3) is 0 Å². The van der Waals surface area contributed by atoms with Gasteiger partial charge in [-0.15, -0.1) is 0 Å². The molecular weight excluding hydrogens is 214 g/mol. The number of hydrogen-bond acceptors (Lipinski definition) is 3. The van der Waals surface area contributed by atoms with Crippen molar-refractivity contribution in [1.29, 1.82) is 0 Å². The molecule has 0 spiro atoms. The van der Waals surface area contributed by atoms with Gasteiger partial charge in [-0.25, -0.2) is 0 Å². The lowest BCUT2D eigenvalue weighted by molar-refractivity contribution is -0.123. The largest absolute Gasteiger partial charge is 0.355 e. The van der Waals surface area contributed by atoms with Crippen molar-refractivity contribution in [2.24, 2.45) is 5.92 Å². The first-order chi connectivity index (χ1) is 8.33. The van der Waals surface area contributed by atoms with Crippen molar-refractivity contribution in [3.8, 4) is 0 Å². The minimum Gasteiger partial charge on any atom is -0.355 e. The molecule has 3 heterocycles. The Morgan fingerprint density at radius 1 is 1.18 bits per heavy atom. The maximum Gasteiger partial charge on any atom is 0.237 e. The molecule has 4 heteroatoms. The molecule has 0 aromatic carbocycles. The second-order valence-corrected chi connectivity index (χ2v) is 5.75. The normalized spacial score (nSPS) is 42.0. The third-order valence-corrected chi connectivity index (χ3v) is 4.58. The topological polar surface area (TPSA) is 44.4 Å². The number of carbonyl (C=O) groups excluding carboxylic acids is 1. The SMILES string of the molecule is O=C1NCCCCC1NC1CCN2CCC1C2. The summed E-state index contributed by atoms with van der Waals surface area (Å²) >= 11 is 0. The minimum atomic E-state index is 0.0645. The van der Waals surface area contributed by atoms with Crippen molar-refractivity contribution < 1.29 is 4.79 Å². The van der Waals surface area contributed by atoms with E-state index in [4.69, 9.17) is 0 Å². The van der Waals surface area contributed by atoms with Crippen LogP contribution in [0.1, 0.15) is 32.1 Å². The number of carbonyl (C=O) groups is 1. The van der Waals surface area contributed by atoms with Gasteiger partial charge in [0.2, 0.25) is 5.91 Å². The molecule has 0 aliphatic carbocycles. The zero-order chi connectivity index (χ0) is 11.7. The van der Waals surface area contributed by atoms with Crippen LogP contribution in [0.15, 0.2) is 0 Å². The molecule has 4 unspecified atom stereocenters. The van der Waals surface area contributed by atoms with Crippen LogP contribution in [-0.2, 0) is 4.79 Å².